The van der Waals surface area contributed by atoms with Crippen molar-refractivity contribution in [3.8, 4) is 5.75 Å². The van der Waals surface area contributed by atoms with Crippen molar-refractivity contribution in [1.82, 2.24) is 5.32 Å². The quantitative estimate of drug-likeness (QED) is 0.760. The summed E-state index contributed by atoms with van der Waals surface area (Å²) >= 11 is 0. The van der Waals surface area contributed by atoms with Gasteiger partial charge in [-0.2, -0.15) is 0 Å². The monoisotopic (exact) mass is 205 g/mol. The van der Waals surface area contributed by atoms with Crippen molar-refractivity contribution in [2.24, 2.45) is 0 Å². The molecule has 1 aromatic carbocycles. The first-order valence-corrected chi connectivity index (χ1v) is 5.27. The summed E-state index contributed by atoms with van der Waals surface area (Å²) < 4.78 is 5.77. The maximum absolute atomic E-state index is 11.8. The van der Waals surface area contributed by atoms with E-state index in [9.17, 15) is 4.79 Å². The lowest BCUT2D eigenvalue weighted by Gasteiger charge is -2.14. The molecule has 3 nitrogen and oxygen atoms in total. The largest absolute Gasteiger partial charge is 0.488 e. The summed E-state index contributed by atoms with van der Waals surface area (Å²) in [5, 5.41) is 2.88. The minimum atomic E-state index is -0.0287. The van der Waals surface area contributed by atoms with Gasteiger partial charge in [0.05, 0.1) is 12.1 Å². The number of hydrogen-bond acceptors (Lipinski definition) is 2. The topological polar surface area (TPSA) is 38.3 Å². The van der Waals surface area contributed by atoms with Gasteiger partial charge in [0.25, 0.3) is 5.91 Å². The van der Waals surface area contributed by atoms with Gasteiger partial charge >= 0.3 is 0 Å². The molecule has 1 aromatic rings. The van der Waals surface area contributed by atoms with Gasteiger partial charge in [0.15, 0.2) is 0 Å². The predicted molar refractivity (Wildman–Crippen MR) is 58.2 cm³/mol. The van der Waals surface area contributed by atoms with E-state index in [2.05, 4.69) is 12.2 Å². The molecule has 0 aromatic heterocycles. The fourth-order valence-corrected chi connectivity index (χ4v) is 1.77. The number of ether oxygens (including phenoxy) is 1. The molecule has 0 aliphatic carbocycles. The van der Waals surface area contributed by atoms with Crippen LogP contribution in [-0.4, -0.2) is 18.6 Å². The summed E-state index contributed by atoms with van der Waals surface area (Å²) in [5.74, 6) is 0.677. The van der Waals surface area contributed by atoms with Crippen LogP contribution < -0.4 is 10.1 Å². The molecule has 2 rings (SSSR count). The van der Waals surface area contributed by atoms with Crippen LogP contribution in [0.4, 0.5) is 0 Å². The second kappa shape index (κ2) is 3.93. The van der Waals surface area contributed by atoms with Crippen molar-refractivity contribution in [2.45, 2.75) is 26.4 Å². The number of hydrogen-bond donors (Lipinski definition) is 1. The maximum atomic E-state index is 11.8. The first-order valence-electron chi connectivity index (χ1n) is 5.27. The molecule has 1 aliphatic heterocycles. The summed E-state index contributed by atoms with van der Waals surface area (Å²) in [5.41, 5.74) is 1.63. The highest BCUT2D eigenvalue weighted by molar-refractivity contribution is 5.98. The highest BCUT2D eigenvalue weighted by Gasteiger charge is 2.22. The second-order valence-electron chi connectivity index (χ2n) is 3.81. The first kappa shape index (κ1) is 10.0. The molecule has 0 radical (unpaired) electrons. The van der Waals surface area contributed by atoms with Gasteiger partial charge in [0.2, 0.25) is 0 Å². The van der Waals surface area contributed by atoms with Crippen molar-refractivity contribution >= 4 is 5.91 Å². The lowest BCUT2D eigenvalue weighted by atomic mass is 10.1. The van der Waals surface area contributed by atoms with Gasteiger partial charge in [-0.3, -0.25) is 4.79 Å². The fraction of sp³-hybridized carbons (Fsp3) is 0.417. The minimum Gasteiger partial charge on any atom is -0.488 e. The van der Waals surface area contributed by atoms with E-state index in [1.54, 1.807) is 0 Å². The Morgan fingerprint density at radius 2 is 2.33 bits per heavy atom. The second-order valence-corrected chi connectivity index (χ2v) is 3.81. The zero-order valence-electron chi connectivity index (χ0n) is 9.04. The van der Waals surface area contributed by atoms with Crippen molar-refractivity contribution in [2.75, 3.05) is 6.54 Å². The number of aryl methyl sites for hydroxylation is 1. The van der Waals surface area contributed by atoms with E-state index in [1.807, 2.05) is 25.1 Å². The molecule has 0 bridgehead atoms. The lowest BCUT2D eigenvalue weighted by molar-refractivity contribution is 0.0950. The standard InChI is InChI=1S/C12H15NO2/c1-3-9-7-13-12(14)11-8(2)5-4-6-10(11)15-9/h4-6,9H,3,7H2,1-2H3,(H,13,14). The number of amides is 1. The van der Waals surface area contributed by atoms with E-state index in [4.69, 9.17) is 4.74 Å². The number of fused-ring (bicyclic) bond motifs is 1. The summed E-state index contributed by atoms with van der Waals surface area (Å²) in [6.45, 7) is 4.56. The molecular formula is C12H15NO2. The Morgan fingerprint density at radius 1 is 1.53 bits per heavy atom. The lowest BCUT2D eigenvalue weighted by Crippen LogP contribution is -2.31. The average Bonchev–Trinajstić information content (AvgIpc) is 2.39. The molecule has 1 N–H and O–H groups in total. The van der Waals surface area contributed by atoms with Crippen molar-refractivity contribution in [3.05, 3.63) is 29.3 Å². The number of carbonyl (C=O) groups excluding carboxylic acids is 1. The average molecular weight is 205 g/mol. The highest BCUT2D eigenvalue weighted by atomic mass is 16.5. The Bertz CT molecular complexity index is 387. The van der Waals surface area contributed by atoms with Crippen LogP contribution in [0.2, 0.25) is 0 Å². The highest BCUT2D eigenvalue weighted by Crippen LogP contribution is 2.25. The van der Waals surface area contributed by atoms with E-state index in [-0.39, 0.29) is 12.0 Å². The first-order chi connectivity index (χ1) is 7.22. The molecular weight excluding hydrogens is 190 g/mol. The molecule has 0 saturated heterocycles. The normalized spacial score (nSPS) is 19.9. The van der Waals surface area contributed by atoms with E-state index in [0.29, 0.717) is 17.9 Å². The van der Waals surface area contributed by atoms with Crippen LogP contribution in [0.25, 0.3) is 0 Å². The summed E-state index contributed by atoms with van der Waals surface area (Å²) in [6, 6.07) is 5.70. The Kier molecular flexibility index (Phi) is 2.62. The number of benzene rings is 1. The minimum absolute atomic E-state index is 0.0287. The number of rotatable bonds is 1. The third kappa shape index (κ3) is 1.82. The van der Waals surface area contributed by atoms with Crippen LogP contribution >= 0.6 is 0 Å². The molecule has 1 atom stereocenters. The Labute approximate surface area is 89.4 Å². The van der Waals surface area contributed by atoms with Crippen LogP contribution in [0.5, 0.6) is 5.75 Å². The van der Waals surface area contributed by atoms with Gasteiger partial charge in [-0.15, -0.1) is 0 Å². The van der Waals surface area contributed by atoms with Gasteiger partial charge < -0.3 is 10.1 Å². The predicted octanol–water partition coefficient (Wildman–Crippen LogP) is 1.90. The third-order valence-electron chi connectivity index (χ3n) is 2.70. The van der Waals surface area contributed by atoms with Crippen LogP contribution in [0.15, 0.2) is 18.2 Å². The number of carbonyl (C=O) groups is 1. The molecule has 1 aliphatic rings. The van der Waals surface area contributed by atoms with Crippen LogP contribution in [-0.2, 0) is 0 Å². The van der Waals surface area contributed by atoms with Crippen molar-refractivity contribution < 1.29 is 9.53 Å². The summed E-state index contributed by atoms with van der Waals surface area (Å²) in [4.78, 5) is 11.8. The number of nitrogens with one attached hydrogen (secondary N) is 1. The zero-order valence-corrected chi connectivity index (χ0v) is 9.04. The van der Waals surface area contributed by atoms with Crippen molar-refractivity contribution in [3.63, 3.8) is 0 Å². The fourth-order valence-electron chi connectivity index (χ4n) is 1.77. The summed E-state index contributed by atoms with van der Waals surface area (Å²) in [7, 11) is 0. The molecule has 0 fully saturated rings. The molecule has 1 amide bonds. The van der Waals surface area contributed by atoms with Gasteiger partial charge in [-0.25, -0.2) is 0 Å². The Balaban J connectivity index is 2.44. The van der Waals surface area contributed by atoms with E-state index < -0.39 is 0 Å². The van der Waals surface area contributed by atoms with Crippen LogP contribution in [0, 0.1) is 6.92 Å². The van der Waals surface area contributed by atoms with Gasteiger partial charge in [0, 0.05) is 0 Å². The maximum Gasteiger partial charge on any atom is 0.255 e. The van der Waals surface area contributed by atoms with Gasteiger partial charge in [0.1, 0.15) is 11.9 Å². The smallest absolute Gasteiger partial charge is 0.255 e. The van der Waals surface area contributed by atoms with Crippen LogP contribution in [0.1, 0.15) is 29.3 Å². The Morgan fingerprint density at radius 3 is 3.07 bits per heavy atom. The Hall–Kier alpha value is -1.51. The van der Waals surface area contributed by atoms with E-state index in [1.165, 1.54) is 0 Å². The van der Waals surface area contributed by atoms with Gasteiger partial charge in [-0.1, -0.05) is 19.1 Å². The molecule has 0 spiro atoms. The molecule has 15 heavy (non-hydrogen) atoms. The summed E-state index contributed by atoms with van der Waals surface area (Å²) in [6.07, 6.45) is 0.977. The van der Waals surface area contributed by atoms with E-state index in [0.717, 1.165) is 12.0 Å². The molecule has 80 valence electrons. The van der Waals surface area contributed by atoms with E-state index >= 15 is 0 Å². The van der Waals surface area contributed by atoms with Gasteiger partial charge in [-0.05, 0) is 25.0 Å². The van der Waals surface area contributed by atoms with Crippen LogP contribution in [0.3, 0.4) is 0 Å². The SMILES string of the molecule is CCC1CNC(=O)c2c(C)cccc2O1. The third-order valence-corrected chi connectivity index (χ3v) is 2.70. The zero-order chi connectivity index (χ0) is 10.8. The molecule has 1 unspecified atom stereocenters. The van der Waals surface area contributed by atoms with Crippen molar-refractivity contribution in [1.29, 1.82) is 0 Å². The molecule has 0 saturated carbocycles. The molecule has 1 heterocycles. The molecule has 3 heteroatoms.